The van der Waals surface area contributed by atoms with Crippen LogP contribution in [0.3, 0.4) is 0 Å². The molecule has 5 nitrogen and oxygen atoms in total. The van der Waals surface area contributed by atoms with Crippen LogP contribution in [0.5, 0.6) is 0 Å². The molecule has 0 aromatic heterocycles. The summed E-state index contributed by atoms with van der Waals surface area (Å²) >= 11 is 0. The molecule has 1 saturated heterocycles. The topological polar surface area (TPSA) is 90.4 Å². The van der Waals surface area contributed by atoms with Crippen molar-refractivity contribution in [3.05, 3.63) is 64.9 Å². The van der Waals surface area contributed by atoms with Gasteiger partial charge in [-0.05, 0) is 35.4 Å². The first-order chi connectivity index (χ1) is 9.65. The number of anilines is 2. The molecule has 2 aromatic carbocycles. The molecule has 1 aliphatic heterocycles. The van der Waals surface area contributed by atoms with E-state index in [0.717, 1.165) is 21.9 Å². The SMILES string of the molecule is Nc1ccc(C2NCN([O-])C2c2ccc(N)cc2)cc1. The van der Waals surface area contributed by atoms with Crippen molar-refractivity contribution < 1.29 is 0 Å². The Morgan fingerprint density at radius 3 is 1.95 bits per heavy atom. The highest BCUT2D eigenvalue weighted by atomic mass is 16.5. The molecule has 1 aliphatic rings. The monoisotopic (exact) mass is 269 g/mol. The standard InChI is InChI=1S/C15H17N4O/c16-12-5-1-10(2-6-12)14-15(19(20)9-18-14)11-3-7-13(17)8-4-11/h1-8,14-15,18H,9,16-17H2/q-1. The fraction of sp³-hybridized carbons (Fsp3) is 0.200. The van der Waals surface area contributed by atoms with Crippen molar-refractivity contribution in [2.45, 2.75) is 12.1 Å². The lowest BCUT2D eigenvalue weighted by Gasteiger charge is -2.32. The summed E-state index contributed by atoms with van der Waals surface area (Å²) in [6, 6.07) is 14.8. The zero-order chi connectivity index (χ0) is 14.1. The van der Waals surface area contributed by atoms with Crippen molar-refractivity contribution in [1.82, 2.24) is 10.4 Å². The molecule has 5 heteroatoms. The van der Waals surface area contributed by atoms with Gasteiger partial charge in [0.15, 0.2) is 0 Å². The predicted molar refractivity (Wildman–Crippen MR) is 80.4 cm³/mol. The molecular formula is C15H17N4O-. The molecule has 2 atom stereocenters. The van der Waals surface area contributed by atoms with Crippen LogP contribution in [0.4, 0.5) is 11.4 Å². The van der Waals surface area contributed by atoms with Crippen molar-refractivity contribution in [2.75, 3.05) is 18.1 Å². The lowest BCUT2D eigenvalue weighted by Crippen LogP contribution is -2.19. The minimum atomic E-state index is -0.251. The van der Waals surface area contributed by atoms with E-state index >= 15 is 0 Å². The number of nitrogen functional groups attached to an aromatic ring is 2. The Labute approximate surface area is 117 Å². The molecule has 1 heterocycles. The number of benzene rings is 2. The molecule has 3 rings (SSSR count). The van der Waals surface area contributed by atoms with E-state index in [-0.39, 0.29) is 12.1 Å². The molecule has 0 spiro atoms. The second-order valence-electron chi connectivity index (χ2n) is 5.04. The Hall–Kier alpha value is -2.08. The highest BCUT2D eigenvalue weighted by Crippen LogP contribution is 2.37. The normalized spacial score (nSPS) is 23.1. The zero-order valence-electron chi connectivity index (χ0n) is 11.0. The minimum Gasteiger partial charge on any atom is -0.784 e. The number of nitrogens with one attached hydrogen (secondary N) is 1. The lowest BCUT2D eigenvalue weighted by molar-refractivity contribution is 0.343. The lowest BCUT2D eigenvalue weighted by atomic mass is 9.94. The molecule has 20 heavy (non-hydrogen) atoms. The fourth-order valence-electron chi connectivity index (χ4n) is 2.62. The molecule has 1 fully saturated rings. The van der Waals surface area contributed by atoms with E-state index in [4.69, 9.17) is 11.5 Å². The van der Waals surface area contributed by atoms with Gasteiger partial charge in [0.25, 0.3) is 0 Å². The Bertz CT molecular complexity index is 582. The second-order valence-corrected chi connectivity index (χ2v) is 5.04. The van der Waals surface area contributed by atoms with E-state index in [1.165, 1.54) is 0 Å². The molecular weight excluding hydrogens is 252 g/mol. The maximum atomic E-state index is 12.1. The van der Waals surface area contributed by atoms with E-state index in [0.29, 0.717) is 12.4 Å². The average molecular weight is 269 g/mol. The Kier molecular flexibility index (Phi) is 3.31. The molecule has 0 bridgehead atoms. The van der Waals surface area contributed by atoms with Crippen molar-refractivity contribution in [3.63, 3.8) is 0 Å². The first kappa shape index (κ1) is 12.9. The van der Waals surface area contributed by atoms with Crippen LogP contribution in [0.25, 0.3) is 0 Å². The van der Waals surface area contributed by atoms with Gasteiger partial charge in [-0.25, -0.2) is 0 Å². The third kappa shape index (κ3) is 2.34. The van der Waals surface area contributed by atoms with Crippen LogP contribution in [0.2, 0.25) is 0 Å². The zero-order valence-corrected chi connectivity index (χ0v) is 11.0. The van der Waals surface area contributed by atoms with Crippen molar-refractivity contribution in [3.8, 4) is 0 Å². The van der Waals surface area contributed by atoms with Gasteiger partial charge in [0.1, 0.15) is 0 Å². The molecule has 104 valence electrons. The highest BCUT2D eigenvalue weighted by molar-refractivity contribution is 5.43. The van der Waals surface area contributed by atoms with Crippen LogP contribution in [-0.4, -0.2) is 11.7 Å². The number of hydrogen-bond donors (Lipinski definition) is 3. The first-order valence-electron chi connectivity index (χ1n) is 6.53. The molecule has 0 aliphatic carbocycles. The molecule has 0 amide bonds. The molecule has 2 aromatic rings. The molecule has 5 N–H and O–H groups in total. The highest BCUT2D eigenvalue weighted by Gasteiger charge is 2.30. The van der Waals surface area contributed by atoms with Crippen LogP contribution in [0.1, 0.15) is 23.2 Å². The van der Waals surface area contributed by atoms with Crippen LogP contribution in [-0.2, 0) is 0 Å². The summed E-state index contributed by atoms with van der Waals surface area (Å²) < 4.78 is 0. The third-order valence-corrected chi connectivity index (χ3v) is 3.67. The summed E-state index contributed by atoms with van der Waals surface area (Å²) in [6.07, 6.45) is 0. The van der Waals surface area contributed by atoms with Crippen molar-refractivity contribution in [2.24, 2.45) is 0 Å². The number of hydroxylamine groups is 2. The van der Waals surface area contributed by atoms with E-state index in [2.05, 4.69) is 5.32 Å². The number of hydrogen-bond acceptors (Lipinski definition) is 5. The summed E-state index contributed by atoms with van der Waals surface area (Å²) in [5.74, 6) is 0. The van der Waals surface area contributed by atoms with Crippen LogP contribution < -0.4 is 16.8 Å². The van der Waals surface area contributed by atoms with Gasteiger partial charge in [-0.15, -0.1) is 0 Å². The summed E-state index contributed by atoms with van der Waals surface area (Å²) in [5, 5.41) is 16.4. The molecule has 2 unspecified atom stereocenters. The van der Waals surface area contributed by atoms with E-state index in [1.54, 1.807) is 0 Å². The quantitative estimate of drug-likeness (QED) is 0.725. The van der Waals surface area contributed by atoms with Crippen LogP contribution in [0, 0.1) is 5.21 Å². The van der Waals surface area contributed by atoms with Gasteiger partial charge in [0.05, 0.1) is 6.04 Å². The summed E-state index contributed by atoms with van der Waals surface area (Å²) in [4.78, 5) is 0. The Morgan fingerprint density at radius 2 is 1.40 bits per heavy atom. The van der Waals surface area contributed by atoms with E-state index in [1.807, 2.05) is 48.5 Å². The minimum absolute atomic E-state index is 0.0447. The summed E-state index contributed by atoms with van der Waals surface area (Å²) in [6.45, 7) is 0.310. The average Bonchev–Trinajstić information content (AvgIpc) is 2.83. The molecule has 0 radical (unpaired) electrons. The van der Waals surface area contributed by atoms with Gasteiger partial charge in [0.2, 0.25) is 0 Å². The van der Waals surface area contributed by atoms with Gasteiger partial charge >= 0.3 is 0 Å². The number of rotatable bonds is 2. The van der Waals surface area contributed by atoms with Crippen LogP contribution >= 0.6 is 0 Å². The summed E-state index contributed by atoms with van der Waals surface area (Å²) in [5.41, 5.74) is 14.8. The van der Waals surface area contributed by atoms with Crippen LogP contribution in [0.15, 0.2) is 48.5 Å². The first-order valence-corrected chi connectivity index (χ1v) is 6.53. The fourth-order valence-corrected chi connectivity index (χ4v) is 2.62. The number of nitrogens with two attached hydrogens (primary N) is 2. The van der Waals surface area contributed by atoms with Gasteiger partial charge in [-0.2, -0.15) is 0 Å². The predicted octanol–water partition coefficient (Wildman–Crippen LogP) is 1.99. The maximum absolute atomic E-state index is 12.1. The van der Waals surface area contributed by atoms with Crippen molar-refractivity contribution >= 4 is 11.4 Å². The second kappa shape index (κ2) is 5.13. The van der Waals surface area contributed by atoms with Crippen molar-refractivity contribution in [1.29, 1.82) is 0 Å². The summed E-state index contributed by atoms with van der Waals surface area (Å²) in [7, 11) is 0. The van der Waals surface area contributed by atoms with Gasteiger partial charge in [-0.3, -0.25) is 5.32 Å². The van der Waals surface area contributed by atoms with E-state index < -0.39 is 0 Å². The smallest absolute Gasteiger partial charge is 0.0521 e. The maximum Gasteiger partial charge on any atom is 0.0521 e. The van der Waals surface area contributed by atoms with E-state index in [9.17, 15) is 5.21 Å². The molecule has 0 saturated carbocycles. The van der Waals surface area contributed by atoms with Gasteiger partial charge in [-0.1, -0.05) is 24.3 Å². The number of nitrogens with zero attached hydrogens (tertiary/aromatic N) is 1. The van der Waals surface area contributed by atoms with Gasteiger partial charge < -0.3 is 21.7 Å². The van der Waals surface area contributed by atoms with Gasteiger partial charge in [0, 0.05) is 24.1 Å². The third-order valence-electron chi connectivity index (χ3n) is 3.67. The Balaban J connectivity index is 1.94. The largest absolute Gasteiger partial charge is 0.784 e. The Morgan fingerprint density at radius 1 is 0.900 bits per heavy atom.